The van der Waals surface area contributed by atoms with E-state index in [0.29, 0.717) is 11.6 Å². The first-order chi connectivity index (χ1) is 8.81. The maximum Gasteiger partial charge on any atom is 0.233 e. The van der Waals surface area contributed by atoms with Gasteiger partial charge in [0.15, 0.2) is 0 Å². The molecule has 1 fully saturated rings. The topological polar surface area (TPSA) is 20.3 Å². The first kappa shape index (κ1) is 13.8. The lowest BCUT2D eigenvalue weighted by atomic mass is 10.0. The number of amides is 1. The van der Waals surface area contributed by atoms with Crippen LogP contribution < -0.4 is 0 Å². The Labute approximate surface area is 118 Å². The molecule has 18 heavy (non-hydrogen) atoms. The third-order valence-corrected chi connectivity index (χ3v) is 4.58. The van der Waals surface area contributed by atoms with Gasteiger partial charge in [-0.1, -0.05) is 18.2 Å². The summed E-state index contributed by atoms with van der Waals surface area (Å²) in [5.41, 5.74) is 0. The van der Waals surface area contributed by atoms with Gasteiger partial charge in [-0.3, -0.25) is 4.79 Å². The Bertz CT molecular complexity index is 385. The summed E-state index contributed by atoms with van der Waals surface area (Å²) in [5.74, 6) is 1.29. The summed E-state index contributed by atoms with van der Waals surface area (Å²) in [6, 6.07) is 10.3. The molecule has 1 heterocycles. The van der Waals surface area contributed by atoms with Crippen molar-refractivity contribution in [1.82, 2.24) is 4.90 Å². The number of carbonyl (C=O) groups is 1. The molecule has 0 bridgehead atoms. The smallest absolute Gasteiger partial charge is 0.233 e. The van der Waals surface area contributed by atoms with Gasteiger partial charge >= 0.3 is 0 Å². The molecular formula is C14H18ClNOS. The zero-order valence-electron chi connectivity index (χ0n) is 10.3. The maximum atomic E-state index is 12.2. The fraction of sp³-hybridized carbons (Fsp3) is 0.500. The molecule has 4 heteroatoms. The van der Waals surface area contributed by atoms with Crippen LogP contribution in [0.15, 0.2) is 35.2 Å². The number of rotatable bonds is 4. The van der Waals surface area contributed by atoms with Gasteiger partial charge in [-0.05, 0) is 31.4 Å². The zero-order valence-corrected chi connectivity index (χ0v) is 11.9. The van der Waals surface area contributed by atoms with Crippen molar-refractivity contribution in [2.24, 2.45) is 0 Å². The molecule has 1 aliphatic heterocycles. The Morgan fingerprint density at radius 3 is 2.83 bits per heavy atom. The Kier molecular flexibility index (Phi) is 5.39. The molecule has 0 radical (unpaired) electrons. The van der Waals surface area contributed by atoms with Crippen LogP contribution >= 0.6 is 23.4 Å². The number of alkyl halides is 1. The van der Waals surface area contributed by atoms with Crippen molar-refractivity contribution in [3.63, 3.8) is 0 Å². The highest BCUT2D eigenvalue weighted by atomic mass is 35.5. The van der Waals surface area contributed by atoms with E-state index in [1.165, 1.54) is 6.42 Å². The van der Waals surface area contributed by atoms with Gasteiger partial charge < -0.3 is 4.90 Å². The lowest BCUT2D eigenvalue weighted by molar-refractivity contribution is -0.131. The first-order valence-corrected chi connectivity index (χ1v) is 7.86. The Balaban J connectivity index is 1.87. The summed E-state index contributed by atoms with van der Waals surface area (Å²) in [6.07, 6.45) is 3.34. The van der Waals surface area contributed by atoms with Crippen LogP contribution in [0.3, 0.4) is 0 Å². The standard InChI is InChI=1S/C14H18ClNOS/c15-10-12-6-4-5-9-16(12)14(17)11-18-13-7-2-1-3-8-13/h1-3,7-8,12H,4-6,9-11H2. The van der Waals surface area contributed by atoms with Crippen molar-refractivity contribution in [3.8, 4) is 0 Å². The van der Waals surface area contributed by atoms with E-state index in [4.69, 9.17) is 11.6 Å². The predicted octanol–water partition coefficient (Wildman–Crippen LogP) is 3.40. The zero-order chi connectivity index (χ0) is 12.8. The predicted molar refractivity (Wildman–Crippen MR) is 77.2 cm³/mol. The summed E-state index contributed by atoms with van der Waals surface area (Å²) < 4.78 is 0. The first-order valence-electron chi connectivity index (χ1n) is 6.34. The Hall–Kier alpha value is -0.670. The lowest BCUT2D eigenvalue weighted by Gasteiger charge is -2.34. The minimum Gasteiger partial charge on any atom is -0.338 e. The minimum absolute atomic E-state index is 0.217. The summed E-state index contributed by atoms with van der Waals surface area (Å²) in [5, 5.41) is 0. The molecule has 1 atom stereocenters. The van der Waals surface area contributed by atoms with Crippen LogP contribution in [0.4, 0.5) is 0 Å². The second kappa shape index (κ2) is 7.05. The molecule has 2 rings (SSSR count). The quantitative estimate of drug-likeness (QED) is 0.623. The molecule has 0 aliphatic carbocycles. The van der Waals surface area contributed by atoms with Gasteiger partial charge in [-0.15, -0.1) is 23.4 Å². The van der Waals surface area contributed by atoms with E-state index in [9.17, 15) is 4.79 Å². The largest absolute Gasteiger partial charge is 0.338 e. The van der Waals surface area contributed by atoms with Gasteiger partial charge in [0.25, 0.3) is 0 Å². The molecule has 1 amide bonds. The van der Waals surface area contributed by atoms with Gasteiger partial charge in [0.05, 0.1) is 5.75 Å². The van der Waals surface area contributed by atoms with Crippen LogP contribution in [0.2, 0.25) is 0 Å². The van der Waals surface area contributed by atoms with Crippen LogP contribution in [0.1, 0.15) is 19.3 Å². The number of carbonyl (C=O) groups excluding carboxylic acids is 1. The fourth-order valence-electron chi connectivity index (χ4n) is 2.23. The number of thioether (sulfide) groups is 1. The maximum absolute atomic E-state index is 12.2. The van der Waals surface area contributed by atoms with E-state index >= 15 is 0 Å². The number of benzene rings is 1. The fourth-order valence-corrected chi connectivity index (χ4v) is 3.36. The minimum atomic E-state index is 0.217. The molecule has 1 saturated heterocycles. The summed E-state index contributed by atoms with van der Waals surface area (Å²) >= 11 is 7.54. The van der Waals surface area contributed by atoms with E-state index in [-0.39, 0.29) is 11.9 Å². The van der Waals surface area contributed by atoms with Crippen LogP contribution in [0, 0.1) is 0 Å². The highest BCUT2D eigenvalue weighted by Gasteiger charge is 2.25. The van der Waals surface area contributed by atoms with Gasteiger partial charge in [0.2, 0.25) is 5.91 Å². The van der Waals surface area contributed by atoms with Crippen LogP contribution in [-0.2, 0) is 4.79 Å². The van der Waals surface area contributed by atoms with Crippen molar-refractivity contribution in [2.45, 2.75) is 30.2 Å². The molecule has 2 nitrogen and oxygen atoms in total. The molecule has 0 N–H and O–H groups in total. The van der Waals surface area contributed by atoms with Gasteiger partial charge in [-0.2, -0.15) is 0 Å². The Morgan fingerprint density at radius 1 is 1.33 bits per heavy atom. The second-order valence-corrected chi connectivity index (χ2v) is 5.85. The van der Waals surface area contributed by atoms with Crippen molar-refractivity contribution in [3.05, 3.63) is 30.3 Å². The molecule has 1 unspecified atom stereocenters. The molecule has 1 aromatic carbocycles. The number of piperidine rings is 1. The molecule has 0 spiro atoms. The van der Waals surface area contributed by atoms with Crippen molar-refractivity contribution in [2.75, 3.05) is 18.2 Å². The number of halogens is 1. The van der Waals surface area contributed by atoms with Crippen molar-refractivity contribution in [1.29, 1.82) is 0 Å². The van der Waals surface area contributed by atoms with Crippen LogP contribution in [0.5, 0.6) is 0 Å². The average molecular weight is 284 g/mol. The SMILES string of the molecule is O=C(CSc1ccccc1)N1CCCCC1CCl. The normalized spacial score (nSPS) is 19.8. The summed E-state index contributed by atoms with van der Waals surface area (Å²) in [7, 11) is 0. The third kappa shape index (κ3) is 3.66. The third-order valence-electron chi connectivity index (χ3n) is 3.23. The monoisotopic (exact) mass is 283 g/mol. The Morgan fingerprint density at radius 2 is 2.11 bits per heavy atom. The van der Waals surface area contributed by atoms with E-state index in [1.54, 1.807) is 11.8 Å². The van der Waals surface area contributed by atoms with E-state index in [1.807, 2.05) is 35.2 Å². The summed E-state index contributed by atoms with van der Waals surface area (Å²) in [4.78, 5) is 15.3. The highest BCUT2D eigenvalue weighted by Crippen LogP contribution is 2.22. The highest BCUT2D eigenvalue weighted by molar-refractivity contribution is 8.00. The van der Waals surface area contributed by atoms with Gasteiger partial charge in [0.1, 0.15) is 0 Å². The average Bonchev–Trinajstić information content (AvgIpc) is 2.45. The number of hydrogen-bond acceptors (Lipinski definition) is 2. The molecule has 1 aliphatic rings. The molecule has 98 valence electrons. The van der Waals surface area contributed by atoms with Gasteiger partial charge in [0, 0.05) is 23.4 Å². The molecule has 0 saturated carbocycles. The number of likely N-dealkylation sites (tertiary alicyclic amines) is 1. The summed E-state index contributed by atoms with van der Waals surface area (Å²) in [6.45, 7) is 0.867. The van der Waals surface area contributed by atoms with Crippen LogP contribution in [-0.4, -0.2) is 35.0 Å². The molecule has 0 aromatic heterocycles. The van der Waals surface area contributed by atoms with E-state index in [0.717, 1.165) is 24.3 Å². The van der Waals surface area contributed by atoms with Crippen LogP contribution in [0.25, 0.3) is 0 Å². The lowest BCUT2D eigenvalue weighted by Crippen LogP contribution is -2.45. The van der Waals surface area contributed by atoms with E-state index in [2.05, 4.69) is 0 Å². The number of hydrogen-bond donors (Lipinski definition) is 0. The van der Waals surface area contributed by atoms with Gasteiger partial charge in [-0.25, -0.2) is 0 Å². The molecular weight excluding hydrogens is 266 g/mol. The van der Waals surface area contributed by atoms with Crippen molar-refractivity contribution < 1.29 is 4.79 Å². The number of nitrogens with zero attached hydrogens (tertiary/aromatic N) is 1. The van der Waals surface area contributed by atoms with E-state index < -0.39 is 0 Å². The van der Waals surface area contributed by atoms with Crippen molar-refractivity contribution >= 4 is 29.3 Å². The second-order valence-electron chi connectivity index (χ2n) is 4.49. The molecule has 1 aromatic rings.